The summed E-state index contributed by atoms with van der Waals surface area (Å²) < 4.78 is 36.0. The highest BCUT2D eigenvalue weighted by molar-refractivity contribution is 5.81. The Balaban J connectivity index is 1.90. The predicted octanol–water partition coefficient (Wildman–Crippen LogP) is 2.40. The van der Waals surface area contributed by atoms with Gasteiger partial charge in [-0.15, -0.1) is 0 Å². The van der Waals surface area contributed by atoms with Crippen molar-refractivity contribution in [3.63, 3.8) is 0 Å². The van der Waals surface area contributed by atoms with Gasteiger partial charge in [-0.25, -0.2) is 8.78 Å². The number of hydrogen-bond donors (Lipinski definition) is 1. The van der Waals surface area contributed by atoms with Crippen molar-refractivity contribution < 1.29 is 23.0 Å². The van der Waals surface area contributed by atoms with E-state index in [-0.39, 0.29) is 18.3 Å². The van der Waals surface area contributed by atoms with Crippen molar-refractivity contribution in [2.75, 3.05) is 13.7 Å². The van der Waals surface area contributed by atoms with Gasteiger partial charge in [-0.3, -0.25) is 4.79 Å². The molecule has 1 aromatic rings. The molecule has 0 bridgehead atoms. The quantitative estimate of drug-likeness (QED) is 0.848. The Labute approximate surface area is 122 Å². The van der Waals surface area contributed by atoms with Gasteiger partial charge in [-0.2, -0.15) is 0 Å². The lowest BCUT2D eigenvalue weighted by molar-refractivity contribution is -0.148. The number of benzene rings is 1. The average molecular weight is 299 g/mol. The van der Waals surface area contributed by atoms with Crippen LogP contribution in [-0.2, 0) is 9.53 Å². The van der Waals surface area contributed by atoms with Crippen LogP contribution < -0.4 is 10.5 Å². The lowest BCUT2D eigenvalue weighted by Gasteiger charge is -2.28. The maximum Gasteiger partial charge on any atom is 0.326 e. The Morgan fingerprint density at radius 3 is 2.86 bits per heavy atom. The second-order valence-corrected chi connectivity index (χ2v) is 5.33. The number of ether oxygens (including phenoxy) is 2. The molecule has 0 aromatic heterocycles. The molecule has 6 heteroatoms. The number of halogens is 2. The molecule has 0 aliphatic heterocycles. The van der Waals surface area contributed by atoms with Crippen molar-refractivity contribution in [2.24, 2.45) is 11.7 Å². The SMILES string of the molecule is COC(=O)C1(N)CCCC1CCOc1ccc(F)c(F)c1. The molecule has 0 heterocycles. The average Bonchev–Trinajstić information content (AvgIpc) is 2.84. The van der Waals surface area contributed by atoms with E-state index in [1.165, 1.54) is 13.2 Å². The summed E-state index contributed by atoms with van der Waals surface area (Å²) in [5, 5.41) is 0. The summed E-state index contributed by atoms with van der Waals surface area (Å²) in [6.07, 6.45) is 2.84. The second kappa shape index (κ2) is 6.39. The van der Waals surface area contributed by atoms with Crippen LogP contribution in [0.1, 0.15) is 25.7 Å². The van der Waals surface area contributed by atoms with E-state index < -0.39 is 23.1 Å². The first-order chi connectivity index (χ1) is 9.97. The van der Waals surface area contributed by atoms with E-state index in [0.717, 1.165) is 25.0 Å². The zero-order valence-electron chi connectivity index (χ0n) is 11.9. The van der Waals surface area contributed by atoms with Crippen LogP contribution in [0.4, 0.5) is 8.78 Å². The normalized spacial score (nSPS) is 24.9. The van der Waals surface area contributed by atoms with Gasteiger partial charge in [0.05, 0.1) is 13.7 Å². The number of carbonyl (C=O) groups excluding carboxylic acids is 1. The monoisotopic (exact) mass is 299 g/mol. The molecule has 1 aliphatic carbocycles. The Morgan fingerprint density at radius 1 is 1.43 bits per heavy atom. The van der Waals surface area contributed by atoms with E-state index in [4.69, 9.17) is 15.2 Å². The van der Waals surface area contributed by atoms with E-state index in [0.29, 0.717) is 12.8 Å². The largest absolute Gasteiger partial charge is 0.493 e. The van der Waals surface area contributed by atoms with Crippen LogP contribution in [0.15, 0.2) is 18.2 Å². The fraction of sp³-hybridized carbons (Fsp3) is 0.533. The highest BCUT2D eigenvalue weighted by Gasteiger charge is 2.46. The molecule has 1 aliphatic rings. The summed E-state index contributed by atoms with van der Waals surface area (Å²) in [6.45, 7) is 0.283. The van der Waals surface area contributed by atoms with Gasteiger partial charge in [0.15, 0.2) is 11.6 Å². The lowest BCUT2D eigenvalue weighted by atomic mass is 9.86. The van der Waals surface area contributed by atoms with Gasteiger partial charge < -0.3 is 15.2 Å². The van der Waals surface area contributed by atoms with Crippen molar-refractivity contribution in [2.45, 2.75) is 31.2 Å². The van der Waals surface area contributed by atoms with E-state index in [1.54, 1.807) is 0 Å². The maximum atomic E-state index is 13.0. The minimum absolute atomic E-state index is 0.0322. The van der Waals surface area contributed by atoms with E-state index in [2.05, 4.69) is 0 Å². The minimum atomic E-state index is -0.966. The zero-order valence-corrected chi connectivity index (χ0v) is 11.9. The third-order valence-electron chi connectivity index (χ3n) is 4.06. The van der Waals surface area contributed by atoms with Gasteiger partial charge in [0, 0.05) is 6.07 Å². The van der Waals surface area contributed by atoms with Crippen LogP contribution in [0, 0.1) is 17.6 Å². The van der Waals surface area contributed by atoms with Crippen molar-refractivity contribution in [1.29, 1.82) is 0 Å². The molecule has 2 atom stereocenters. The Hall–Kier alpha value is -1.69. The van der Waals surface area contributed by atoms with Gasteiger partial charge >= 0.3 is 5.97 Å². The van der Waals surface area contributed by atoms with Crippen LogP contribution in [-0.4, -0.2) is 25.2 Å². The standard InChI is InChI=1S/C15H19F2NO3/c1-20-14(19)15(18)7-2-3-10(15)6-8-21-11-4-5-12(16)13(17)9-11/h4-5,9-10H,2-3,6-8,18H2,1H3. The Morgan fingerprint density at radius 2 is 2.19 bits per heavy atom. The zero-order chi connectivity index (χ0) is 15.5. The number of hydrogen-bond acceptors (Lipinski definition) is 4. The molecular weight excluding hydrogens is 280 g/mol. The summed E-state index contributed by atoms with van der Waals surface area (Å²) in [6, 6.07) is 3.38. The first-order valence-electron chi connectivity index (χ1n) is 6.92. The summed E-state index contributed by atoms with van der Waals surface area (Å²) in [5.74, 6) is -2.04. The van der Waals surface area contributed by atoms with Crippen LogP contribution in [0.2, 0.25) is 0 Å². The van der Waals surface area contributed by atoms with Gasteiger partial charge in [0.2, 0.25) is 0 Å². The van der Waals surface area contributed by atoms with Crippen molar-refractivity contribution >= 4 is 5.97 Å². The van der Waals surface area contributed by atoms with Crippen LogP contribution in [0.5, 0.6) is 5.75 Å². The first-order valence-corrected chi connectivity index (χ1v) is 6.92. The van der Waals surface area contributed by atoms with Crippen LogP contribution in [0.25, 0.3) is 0 Å². The van der Waals surface area contributed by atoms with Crippen molar-refractivity contribution in [1.82, 2.24) is 0 Å². The summed E-state index contributed by atoms with van der Waals surface area (Å²) in [5.41, 5.74) is 5.17. The number of rotatable bonds is 5. The molecule has 21 heavy (non-hydrogen) atoms. The maximum absolute atomic E-state index is 13.0. The smallest absolute Gasteiger partial charge is 0.326 e. The number of carbonyl (C=O) groups is 1. The van der Waals surface area contributed by atoms with E-state index in [9.17, 15) is 13.6 Å². The van der Waals surface area contributed by atoms with Crippen molar-refractivity contribution in [3.8, 4) is 5.75 Å². The molecule has 2 N–H and O–H groups in total. The highest BCUT2D eigenvalue weighted by atomic mass is 19.2. The molecule has 0 radical (unpaired) electrons. The van der Waals surface area contributed by atoms with Crippen LogP contribution in [0.3, 0.4) is 0 Å². The molecule has 0 amide bonds. The highest BCUT2D eigenvalue weighted by Crippen LogP contribution is 2.37. The molecule has 0 spiro atoms. The molecule has 0 saturated heterocycles. The molecule has 1 saturated carbocycles. The number of esters is 1. The summed E-state index contributed by atoms with van der Waals surface area (Å²) in [4.78, 5) is 11.8. The molecule has 1 aromatic carbocycles. The second-order valence-electron chi connectivity index (χ2n) is 5.33. The summed E-state index contributed by atoms with van der Waals surface area (Å²) in [7, 11) is 1.32. The lowest BCUT2D eigenvalue weighted by Crippen LogP contribution is -2.52. The van der Waals surface area contributed by atoms with Crippen molar-refractivity contribution in [3.05, 3.63) is 29.8 Å². The molecule has 4 nitrogen and oxygen atoms in total. The Kier molecular flexibility index (Phi) is 4.77. The third kappa shape index (κ3) is 3.32. The van der Waals surface area contributed by atoms with E-state index in [1.807, 2.05) is 0 Å². The minimum Gasteiger partial charge on any atom is -0.493 e. The van der Waals surface area contributed by atoms with Crippen LogP contribution >= 0.6 is 0 Å². The fourth-order valence-corrected chi connectivity index (χ4v) is 2.85. The number of nitrogens with two attached hydrogens (primary N) is 1. The third-order valence-corrected chi connectivity index (χ3v) is 4.06. The molecule has 2 unspecified atom stereocenters. The molecule has 1 fully saturated rings. The van der Waals surface area contributed by atoms with Gasteiger partial charge in [0.25, 0.3) is 0 Å². The predicted molar refractivity (Wildman–Crippen MR) is 72.7 cm³/mol. The van der Waals surface area contributed by atoms with Gasteiger partial charge in [-0.1, -0.05) is 6.42 Å². The summed E-state index contributed by atoms with van der Waals surface area (Å²) >= 11 is 0. The van der Waals surface area contributed by atoms with Gasteiger partial charge in [0.1, 0.15) is 11.3 Å². The topological polar surface area (TPSA) is 61.5 Å². The van der Waals surface area contributed by atoms with E-state index >= 15 is 0 Å². The Bertz CT molecular complexity index is 524. The molecule has 116 valence electrons. The van der Waals surface area contributed by atoms with Gasteiger partial charge in [-0.05, 0) is 37.3 Å². The molecule has 2 rings (SSSR count). The fourth-order valence-electron chi connectivity index (χ4n) is 2.85. The number of methoxy groups -OCH3 is 1. The first kappa shape index (κ1) is 15.7. The molecular formula is C15H19F2NO3.